The van der Waals surface area contributed by atoms with Crippen molar-refractivity contribution in [3.63, 3.8) is 0 Å². The van der Waals surface area contributed by atoms with Crippen LogP contribution in [-0.2, 0) is 22.6 Å². The Balaban J connectivity index is -0.0000000750. The van der Waals surface area contributed by atoms with Crippen LogP contribution in [0.25, 0.3) is 0 Å². The molecule has 0 fully saturated rings. The van der Waals surface area contributed by atoms with E-state index in [2.05, 4.69) is 9.82 Å². The summed E-state index contributed by atoms with van der Waals surface area (Å²) < 4.78 is 8.88. The minimum absolute atomic E-state index is 0. The Hall–Kier alpha value is 0.978. The normalized spacial score (nSPS) is 7.88. The van der Waals surface area contributed by atoms with Crippen LogP contribution in [0.1, 0.15) is 0 Å². The average Bonchev–Trinajstić information content (AvgIpc) is 1.36. The van der Waals surface area contributed by atoms with E-state index in [1.807, 2.05) is 0 Å². The van der Waals surface area contributed by atoms with Gasteiger partial charge in [0.25, 0.3) is 0 Å². The van der Waals surface area contributed by atoms with Crippen molar-refractivity contribution in [3.05, 3.63) is 0 Å². The average molecular weight is 244 g/mol. The van der Waals surface area contributed by atoms with E-state index >= 15 is 0 Å². The van der Waals surface area contributed by atoms with E-state index in [9.17, 15) is 0 Å². The molecule has 0 aromatic carbocycles. The molecule has 0 saturated carbocycles. The summed E-state index contributed by atoms with van der Waals surface area (Å²) in [6, 6.07) is 0. The predicted molar refractivity (Wildman–Crippen MR) is 25.5 cm³/mol. The first kappa shape index (κ1) is 16.0. The molecule has 8 heavy (non-hydrogen) atoms. The van der Waals surface area contributed by atoms with Crippen LogP contribution in [0.4, 0.5) is 0 Å². The van der Waals surface area contributed by atoms with Crippen molar-refractivity contribution in [2.75, 3.05) is 0 Å². The summed E-state index contributed by atoms with van der Waals surface area (Å²) in [5, 5.41) is 0. The van der Waals surface area contributed by atoms with Gasteiger partial charge >= 0.3 is 35.6 Å². The Kier molecular flexibility index (Phi) is 15.9. The molecule has 0 aliphatic heterocycles. The summed E-state index contributed by atoms with van der Waals surface area (Å²) >= 11 is 1.53. The quantitative estimate of drug-likeness (QED) is 0.370. The van der Waals surface area contributed by atoms with Crippen LogP contribution < -0.4 is 0 Å². The first-order valence-electron chi connectivity index (χ1n) is 0.949. The molecule has 0 heterocycles. The predicted octanol–water partition coefficient (Wildman–Crippen LogP) is -1.11. The van der Waals surface area contributed by atoms with Crippen molar-refractivity contribution in [3.8, 4) is 0 Å². The Labute approximate surface area is 60.6 Å². The number of phosphoric acid groups is 1. The van der Waals surface area contributed by atoms with Gasteiger partial charge in [-0.1, -0.05) is 0 Å². The van der Waals surface area contributed by atoms with E-state index in [0.29, 0.717) is 0 Å². The Bertz CT molecular complexity index is 68.2. The van der Waals surface area contributed by atoms with E-state index in [1.165, 1.54) is 18.0 Å². The molecule has 5 nitrogen and oxygen atoms in total. The molecule has 0 saturated heterocycles. The molecule has 0 rings (SSSR count). The van der Waals surface area contributed by atoms with Gasteiger partial charge in [0.1, 0.15) is 0 Å². The van der Waals surface area contributed by atoms with Crippen LogP contribution in [-0.4, -0.2) is 20.2 Å². The van der Waals surface area contributed by atoms with Gasteiger partial charge in [-0.15, -0.1) is 0 Å². The number of hydrogen-bond donors (Lipinski definition) is 3. The van der Waals surface area contributed by atoms with Crippen LogP contribution in [0.2, 0.25) is 0 Å². The van der Waals surface area contributed by atoms with Crippen molar-refractivity contribution >= 4 is 17.6 Å². The van der Waals surface area contributed by atoms with Crippen LogP contribution in [0.3, 0.4) is 0 Å². The Morgan fingerprint density at radius 1 is 1.25 bits per heavy atom. The third-order valence-electron chi connectivity index (χ3n) is 0. The molecule has 0 aromatic rings. The molecule has 0 aromatic heterocycles. The van der Waals surface area contributed by atoms with E-state index in [4.69, 9.17) is 19.2 Å². The molecule has 0 spiro atoms. The van der Waals surface area contributed by atoms with Crippen LogP contribution in [0.5, 0.6) is 0 Å². The molecule has 0 radical (unpaired) electrons. The van der Waals surface area contributed by atoms with Gasteiger partial charge in [-0.25, -0.2) is 4.57 Å². The van der Waals surface area contributed by atoms with Gasteiger partial charge in [0.15, 0.2) is 0 Å². The van der Waals surface area contributed by atoms with Gasteiger partial charge in [-0.2, -0.15) is 0 Å². The number of rotatable bonds is 0. The Morgan fingerprint density at radius 2 is 1.25 bits per heavy atom. The first-order chi connectivity index (χ1) is 3.00. The van der Waals surface area contributed by atoms with Crippen molar-refractivity contribution in [1.29, 1.82) is 0 Å². The summed E-state index contributed by atoms with van der Waals surface area (Å²) in [7, 11) is -0.546. The van der Waals surface area contributed by atoms with Crippen LogP contribution >= 0.6 is 17.6 Å². The summed E-state index contributed by atoms with van der Waals surface area (Å²) in [6.45, 7) is 0. The van der Waals surface area contributed by atoms with E-state index in [-0.39, 0.29) is 5.48 Å². The molecule has 0 aliphatic rings. The van der Waals surface area contributed by atoms with Crippen LogP contribution in [0, 0.1) is 0 Å². The van der Waals surface area contributed by atoms with Crippen molar-refractivity contribution in [1.82, 2.24) is 0 Å². The zero-order valence-corrected chi connectivity index (χ0v) is 7.23. The fourth-order valence-corrected chi connectivity index (χ4v) is 0. The topological polar surface area (TPSA) is 109 Å². The molecule has 8 heteroatoms. The molecule has 0 amide bonds. The van der Waals surface area contributed by atoms with Gasteiger partial charge in [0.2, 0.25) is 0 Å². The molecule has 0 unspecified atom stereocenters. The van der Waals surface area contributed by atoms with Gasteiger partial charge in [-0.3, -0.25) is 0 Å². The second kappa shape index (κ2) is 7.98. The van der Waals surface area contributed by atoms with Gasteiger partial charge in [0.05, 0.1) is 0 Å². The van der Waals surface area contributed by atoms with E-state index in [1.54, 1.807) is 0 Å². The summed E-state index contributed by atoms with van der Waals surface area (Å²) in [5.74, 6) is 0. The second-order valence-corrected chi connectivity index (χ2v) is 1.54. The van der Waals surface area contributed by atoms with Gasteiger partial charge < -0.3 is 20.2 Å². The zero-order valence-electron chi connectivity index (χ0n) is 3.51. The van der Waals surface area contributed by atoms with E-state index in [0.717, 1.165) is 0 Å². The first-order valence-corrected chi connectivity index (χ1v) is 5.31. The van der Waals surface area contributed by atoms with Gasteiger partial charge in [-0.05, 0) is 0 Å². The number of hydrogen-bond acceptors (Lipinski definition) is 2. The van der Waals surface area contributed by atoms with Crippen molar-refractivity contribution in [2.24, 2.45) is 0 Å². The van der Waals surface area contributed by atoms with Crippen molar-refractivity contribution in [2.45, 2.75) is 0 Å². The minimum atomic E-state index is -4.64. The third-order valence-corrected chi connectivity index (χ3v) is 0. The molecule has 0 bridgehead atoms. The molecular formula is H5MoO5PS. The van der Waals surface area contributed by atoms with Gasteiger partial charge in [0, 0.05) is 0 Å². The SMILES string of the molecule is O.O=P(O)(O)O.[S]=[Mo]. The summed E-state index contributed by atoms with van der Waals surface area (Å²) in [4.78, 5) is 21.6. The molecule has 52 valence electrons. The maximum atomic E-state index is 8.88. The third kappa shape index (κ3) is 261. The molecular weight excluding hydrogens is 239 g/mol. The van der Waals surface area contributed by atoms with E-state index < -0.39 is 7.82 Å². The fourth-order valence-electron chi connectivity index (χ4n) is 0. The van der Waals surface area contributed by atoms with Crippen LogP contribution in [0.15, 0.2) is 0 Å². The van der Waals surface area contributed by atoms with Crippen molar-refractivity contribution < 1.29 is 42.7 Å². The monoisotopic (exact) mass is 246 g/mol. The zero-order chi connectivity index (χ0) is 6.50. The fraction of sp³-hybridized carbons (Fsp3) is 0. The second-order valence-electron chi connectivity index (χ2n) is 0.513. The standard InChI is InChI=1S/Mo.H3O4P.H2O.S/c;1-5(2,3)4;;/h;(H3,1,2,3,4);1H2;. The maximum absolute atomic E-state index is 8.88. The molecule has 0 atom stereocenters. The molecule has 5 N–H and O–H groups in total. The Morgan fingerprint density at radius 3 is 1.25 bits per heavy atom. The molecule has 0 aliphatic carbocycles. The summed E-state index contributed by atoms with van der Waals surface area (Å²) in [6.07, 6.45) is 0. The summed E-state index contributed by atoms with van der Waals surface area (Å²) in [5.41, 5.74) is 0.